The number of halogens is 2. The molecule has 1 aliphatic heterocycles. The van der Waals surface area contributed by atoms with Gasteiger partial charge in [0, 0.05) is 33.8 Å². The fraction of sp³-hybridized carbons (Fsp3) is 0.263. The summed E-state index contributed by atoms with van der Waals surface area (Å²) in [6.45, 7) is 4.65. The van der Waals surface area contributed by atoms with Crippen LogP contribution in [-0.2, 0) is 4.79 Å². The summed E-state index contributed by atoms with van der Waals surface area (Å²) in [5.74, 6) is -0.213. The zero-order valence-corrected chi connectivity index (χ0v) is 16.3. The van der Waals surface area contributed by atoms with E-state index in [0.29, 0.717) is 23.7 Å². The predicted molar refractivity (Wildman–Crippen MR) is 103 cm³/mol. The van der Waals surface area contributed by atoms with Gasteiger partial charge in [0.25, 0.3) is 5.91 Å². The van der Waals surface area contributed by atoms with Gasteiger partial charge in [0.15, 0.2) is 0 Å². The maximum Gasteiger partial charge on any atom is 0.254 e. The minimum Gasteiger partial charge on any atom is -0.325 e. The zero-order chi connectivity index (χ0) is 18.1. The molecule has 2 aromatic carbocycles. The smallest absolute Gasteiger partial charge is 0.254 e. The Kier molecular flexibility index (Phi) is 5.16. The standard InChI is InChI=1S/C19H18BrClN2O2/c1-12-10-16(21)6-7-17(12)23-9-8-22(13(2)18(23)24)19(25)14-4-3-5-15(20)11-14/h3-7,10-11,13H,8-9H2,1-2H3/t13-/m1/s1. The van der Waals surface area contributed by atoms with Crippen LogP contribution in [0.25, 0.3) is 0 Å². The van der Waals surface area contributed by atoms with Crippen molar-refractivity contribution in [2.24, 2.45) is 0 Å². The number of hydrogen-bond donors (Lipinski definition) is 0. The van der Waals surface area contributed by atoms with Gasteiger partial charge in [0.2, 0.25) is 5.91 Å². The Morgan fingerprint density at radius 3 is 2.64 bits per heavy atom. The van der Waals surface area contributed by atoms with Gasteiger partial charge in [-0.15, -0.1) is 0 Å². The Balaban J connectivity index is 1.83. The van der Waals surface area contributed by atoms with Crippen LogP contribution in [-0.4, -0.2) is 35.8 Å². The van der Waals surface area contributed by atoms with E-state index >= 15 is 0 Å². The number of nitrogens with zero attached hydrogens (tertiary/aromatic N) is 2. The average Bonchev–Trinajstić information content (AvgIpc) is 2.57. The highest BCUT2D eigenvalue weighted by Crippen LogP contribution is 2.27. The number of carbonyl (C=O) groups excluding carboxylic acids is 2. The van der Waals surface area contributed by atoms with Crippen molar-refractivity contribution >= 4 is 45.0 Å². The van der Waals surface area contributed by atoms with Gasteiger partial charge in [0.1, 0.15) is 6.04 Å². The zero-order valence-electron chi connectivity index (χ0n) is 14.0. The van der Waals surface area contributed by atoms with Crippen molar-refractivity contribution in [1.82, 2.24) is 4.90 Å². The van der Waals surface area contributed by atoms with E-state index in [2.05, 4.69) is 15.9 Å². The molecule has 0 saturated carbocycles. The maximum atomic E-state index is 12.9. The Labute approximate surface area is 160 Å². The lowest BCUT2D eigenvalue weighted by Gasteiger charge is -2.39. The van der Waals surface area contributed by atoms with Crippen molar-refractivity contribution in [3.8, 4) is 0 Å². The third-order valence-electron chi connectivity index (χ3n) is 4.44. The van der Waals surface area contributed by atoms with E-state index in [9.17, 15) is 9.59 Å². The first kappa shape index (κ1) is 18.0. The summed E-state index contributed by atoms with van der Waals surface area (Å²) in [5, 5.41) is 0.644. The van der Waals surface area contributed by atoms with Crippen LogP contribution in [0.2, 0.25) is 5.02 Å². The molecule has 0 unspecified atom stereocenters. The summed E-state index contributed by atoms with van der Waals surface area (Å²) in [7, 11) is 0. The number of rotatable bonds is 2. The number of carbonyl (C=O) groups is 2. The first-order valence-electron chi connectivity index (χ1n) is 8.02. The molecular formula is C19H18BrClN2O2. The van der Waals surface area contributed by atoms with Crippen LogP contribution in [0.1, 0.15) is 22.8 Å². The first-order chi connectivity index (χ1) is 11.9. The molecule has 0 aliphatic carbocycles. The van der Waals surface area contributed by atoms with Crippen LogP contribution in [0.15, 0.2) is 46.9 Å². The number of anilines is 1. The lowest BCUT2D eigenvalue weighted by atomic mass is 10.1. The molecule has 130 valence electrons. The normalized spacial score (nSPS) is 17.8. The van der Waals surface area contributed by atoms with Gasteiger partial charge in [-0.05, 0) is 55.8 Å². The quantitative estimate of drug-likeness (QED) is 0.726. The molecule has 4 nitrogen and oxygen atoms in total. The Morgan fingerprint density at radius 1 is 1.20 bits per heavy atom. The van der Waals surface area contributed by atoms with Crippen molar-refractivity contribution < 1.29 is 9.59 Å². The number of aryl methyl sites for hydroxylation is 1. The molecule has 0 radical (unpaired) electrons. The highest BCUT2D eigenvalue weighted by Gasteiger charge is 2.35. The van der Waals surface area contributed by atoms with E-state index in [4.69, 9.17) is 11.6 Å². The second-order valence-corrected chi connectivity index (χ2v) is 7.46. The minimum atomic E-state index is -0.518. The van der Waals surface area contributed by atoms with E-state index < -0.39 is 6.04 Å². The van der Waals surface area contributed by atoms with Crippen LogP contribution in [0.5, 0.6) is 0 Å². The van der Waals surface area contributed by atoms with E-state index in [1.807, 2.05) is 31.2 Å². The summed E-state index contributed by atoms with van der Waals surface area (Å²) < 4.78 is 0.841. The molecule has 25 heavy (non-hydrogen) atoms. The lowest BCUT2D eigenvalue weighted by molar-refractivity contribution is -0.124. The third-order valence-corrected chi connectivity index (χ3v) is 5.17. The molecule has 0 aromatic heterocycles. The molecule has 3 rings (SSSR count). The van der Waals surface area contributed by atoms with Crippen LogP contribution < -0.4 is 4.90 Å². The highest BCUT2D eigenvalue weighted by atomic mass is 79.9. The Bertz CT molecular complexity index is 840. The average molecular weight is 422 g/mol. The fourth-order valence-electron chi connectivity index (χ4n) is 3.10. The van der Waals surface area contributed by atoms with Crippen molar-refractivity contribution in [3.05, 3.63) is 63.1 Å². The SMILES string of the molecule is Cc1cc(Cl)ccc1N1CCN(C(=O)c2cccc(Br)c2)[C@H](C)C1=O. The largest absolute Gasteiger partial charge is 0.325 e. The summed E-state index contributed by atoms with van der Waals surface area (Å²) in [4.78, 5) is 29.0. The van der Waals surface area contributed by atoms with Crippen LogP contribution in [0.4, 0.5) is 5.69 Å². The van der Waals surface area contributed by atoms with Crippen molar-refractivity contribution in [2.75, 3.05) is 18.0 Å². The first-order valence-corrected chi connectivity index (χ1v) is 9.19. The highest BCUT2D eigenvalue weighted by molar-refractivity contribution is 9.10. The summed E-state index contributed by atoms with van der Waals surface area (Å²) in [5.41, 5.74) is 2.36. The minimum absolute atomic E-state index is 0.0833. The summed E-state index contributed by atoms with van der Waals surface area (Å²) in [6.07, 6.45) is 0. The van der Waals surface area contributed by atoms with Gasteiger partial charge in [-0.1, -0.05) is 33.6 Å². The van der Waals surface area contributed by atoms with Crippen molar-refractivity contribution in [2.45, 2.75) is 19.9 Å². The van der Waals surface area contributed by atoms with Crippen molar-refractivity contribution in [1.29, 1.82) is 0 Å². The monoisotopic (exact) mass is 420 g/mol. The topological polar surface area (TPSA) is 40.6 Å². The molecule has 6 heteroatoms. The summed E-state index contributed by atoms with van der Waals surface area (Å²) in [6, 6.07) is 12.2. The fourth-order valence-corrected chi connectivity index (χ4v) is 3.72. The van der Waals surface area contributed by atoms with Crippen molar-refractivity contribution in [3.63, 3.8) is 0 Å². The Morgan fingerprint density at radius 2 is 1.96 bits per heavy atom. The van der Waals surface area contributed by atoms with E-state index in [1.54, 1.807) is 34.9 Å². The predicted octanol–water partition coefficient (Wildman–Crippen LogP) is 4.29. The maximum absolute atomic E-state index is 12.9. The molecule has 2 aromatic rings. The Hall–Kier alpha value is -1.85. The van der Waals surface area contributed by atoms with Crippen LogP contribution in [0, 0.1) is 6.92 Å². The van der Waals surface area contributed by atoms with Gasteiger partial charge >= 0.3 is 0 Å². The van der Waals surface area contributed by atoms with Crippen LogP contribution in [0.3, 0.4) is 0 Å². The van der Waals surface area contributed by atoms with Gasteiger partial charge in [0.05, 0.1) is 0 Å². The van der Waals surface area contributed by atoms with Gasteiger partial charge in [-0.25, -0.2) is 0 Å². The third kappa shape index (κ3) is 3.58. The molecule has 0 spiro atoms. The van der Waals surface area contributed by atoms with Gasteiger partial charge in [-0.2, -0.15) is 0 Å². The molecule has 0 N–H and O–H groups in total. The second kappa shape index (κ2) is 7.18. The number of hydrogen-bond acceptors (Lipinski definition) is 2. The van der Waals surface area contributed by atoms with Crippen LogP contribution >= 0.6 is 27.5 Å². The summed E-state index contributed by atoms with van der Waals surface area (Å²) >= 11 is 9.38. The molecule has 1 heterocycles. The van der Waals surface area contributed by atoms with E-state index in [0.717, 1.165) is 15.7 Å². The molecule has 1 fully saturated rings. The van der Waals surface area contributed by atoms with E-state index in [-0.39, 0.29) is 11.8 Å². The molecule has 1 atom stereocenters. The lowest BCUT2D eigenvalue weighted by Crippen LogP contribution is -2.57. The second-order valence-electron chi connectivity index (χ2n) is 6.11. The van der Waals surface area contributed by atoms with Gasteiger partial charge in [-0.3, -0.25) is 9.59 Å². The molecule has 1 saturated heterocycles. The van der Waals surface area contributed by atoms with Gasteiger partial charge < -0.3 is 9.80 Å². The van der Waals surface area contributed by atoms with E-state index in [1.165, 1.54) is 0 Å². The number of amides is 2. The molecule has 1 aliphatic rings. The molecule has 2 amide bonds. The molecule has 0 bridgehead atoms. The number of benzene rings is 2. The molecular weight excluding hydrogens is 404 g/mol. The number of piperazine rings is 1.